The second-order valence-electron chi connectivity index (χ2n) is 3.59. The average molecular weight is 193 g/mol. The van der Waals surface area contributed by atoms with Gasteiger partial charge in [-0.1, -0.05) is 6.92 Å². The molecule has 76 valence electrons. The summed E-state index contributed by atoms with van der Waals surface area (Å²) in [6.45, 7) is 5.60. The maximum atomic E-state index is 11.9. The molecule has 0 fully saturated rings. The molecule has 2 rings (SSSR count). The first-order chi connectivity index (χ1) is 6.74. The Balaban J connectivity index is 2.64. The first kappa shape index (κ1) is 9.24. The molecule has 14 heavy (non-hydrogen) atoms. The Morgan fingerprint density at radius 3 is 3.07 bits per heavy atom. The van der Waals surface area contributed by atoms with Crippen LogP contribution in [-0.4, -0.2) is 16.1 Å². The molecule has 0 atom stereocenters. The second-order valence-corrected chi connectivity index (χ2v) is 3.59. The number of nitrogens with zero attached hydrogens (tertiary/aromatic N) is 2. The molecular formula is C10H15N3O. The Kier molecular flexibility index (Phi) is 2.27. The molecule has 1 aromatic rings. The number of nitrogens with one attached hydrogen (secondary N) is 1. The van der Waals surface area contributed by atoms with E-state index in [0.29, 0.717) is 0 Å². The highest BCUT2D eigenvalue weighted by molar-refractivity contribution is 5.32. The van der Waals surface area contributed by atoms with Gasteiger partial charge in [0.2, 0.25) is 5.95 Å². The summed E-state index contributed by atoms with van der Waals surface area (Å²) in [5, 5.41) is 3.15. The Labute approximate surface area is 83.0 Å². The summed E-state index contributed by atoms with van der Waals surface area (Å²) in [7, 11) is 0. The molecule has 0 spiro atoms. The normalized spacial score (nSPS) is 14.7. The Morgan fingerprint density at radius 1 is 1.57 bits per heavy atom. The molecule has 1 N–H and O–H groups in total. The summed E-state index contributed by atoms with van der Waals surface area (Å²) in [5.74, 6) is 0.732. The van der Waals surface area contributed by atoms with E-state index in [1.807, 2.05) is 13.8 Å². The van der Waals surface area contributed by atoms with Gasteiger partial charge in [-0.2, -0.15) is 0 Å². The van der Waals surface area contributed by atoms with Crippen LogP contribution in [0, 0.1) is 6.92 Å². The third kappa shape index (κ3) is 1.31. The molecular weight excluding hydrogens is 178 g/mol. The minimum atomic E-state index is 0.127. The van der Waals surface area contributed by atoms with Gasteiger partial charge >= 0.3 is 0 Å². The van der Waals surface area contributed by atoms with Crippen molar-refractivity contribution in [1.29, 1.82) is 0 Å². The number of hydrogen-bond acceptors (Lipinski definition) is 3. The van der Waals surface area contributed by atoms with Gasteiger partial charge < -0.3 is 5.32 Å². The topological polar surface area (TPSA) is 46.9 Å². The summed E-state index contributed by atoms with van der Waals surface area (Å²) in [6.07, 6.45) is 1.76. The molecule has 0 saturated heterocycles. The summed E-state index contributed by atoms with van der Waals surface area (Å²) < 4.78 is 1.75. The van der Waals surface area contributed by atoms with Gasteiger partial charge in [0.25, 0.3) is 5.56 Å². The fraction of sp³-hybridized carbons (Fsp3) is 0.600. The summed E-state index contributed by atoms with van der Waals surface area (Å²) in [5.41, 5.74) is 1.83. The average Bonchev–Trinajstić information content (AvgIpc) is 2.18. The van der Waals surface area contributed by atoms with Gasteiger partial charge in [-0.3, -0.25) is 9.36 Å². The third-order valence-corrected chi connectivity index (χ3v) is 2.66. The van der Waals surface area contributed by atoms with E-state index in [-0.39, 0.29) is 5.56 Å². The molecule has 1 aliphatic rings. The SMILES string of the molecule is CCc1c(C)nc2n(c1=O)CCCN2. The number of hydrogen-bond donors (Lipinski definition) is 1. The van der Waals surface area contributed by atoms with Crippen LogP contribution in [0.5, 0.6) is 0 Å². The van der Waals surface area contributed by atoms with E-state index >= 15 is 0 Å². The molecule has 0 aromatic carbocycles. The minimum Gasteiger partial charge on any atom is -0.355 e. The lowest BCUT2D eigenvalue weighted by Gasteiger charge is -2.20. The van der Waals surface area contributed by atoms with Gasteiger partial charge in [-0.15, -0.1) is 0 Å². The van der Waals surface area contributed by atoms with Crippen molar-refractivity contribution < 1.29 is 0 Å². The summed E-state index contributed by atoms with van der Waals surface area (Å²) in [4.78, 5) is 16.3. The van der Waals surface area contributed by atoms with Crippen molar-refractivity contribution in [1.82, 2.24) is 9.55 Å². The maximum absolute atomic E-state index is 11.9. The zero-order valence-corrected chi connectivity index (χ0v) is 8.63. The highest BCUT2D eigenvalue weighted by atomic mass is 16.1. The monoisotopic (exact) mass is 193 g/mol. The highest BCUT2D eigenvalue weighted by Gasteiger charge is 2.14. The first-order valence-electron chi connectivity index (χ1n) is 5.08. The van der Waals surface area contributed by atoms with Crippen LogP contribution in [0.4, 0.5) is 5.95 Å². The lowest BCUT2D eigenvalue weighted by molar-refractivity contribution is 0.587. The van der Waals surface area contributed by atoms with E-state index in [0.717, 1.165) is 43.1 Å². The van der Waals surface area contributed by atoms with Gasteiger partial charge in [0.15, 0.2) is 0 Å². The van der Waals surface area contributed by atoms with E-state index in [1.165, 1.54) is 0 Å². The molecule has 1 aliphatic heterocycles. The molecule has 4 nitrogen and oxygen atoms in total. The lowest BCUT2D eigenvalue weighted by atomic mass is 10.2. The fourth-order valence-electron chi connectivity index (χ4n) is 1.89. The molecule has 0 amide bonds. The maximum Gasteiger partial charge on any atom is 0.258 e. The molecule has 0 bridgehead atoms. The van der Waals surface area contributed by atoms with Crippen molar-refractivity contribution in [3.8, 4) is 0 Å². The van der Waals surface area contributed by atoms with Gasteiger partial charge in [0.1, 0.15) is 0 Å². The minimum absolute atomic E-state index is 0.127. The van der Waals surface area contributed by atoms with Crippen LogP contribution in [0.2, 0.25) is 0 Å². The standard InChI is InChI=1S/C10H15N3O/c1-3-8-7(2)12-10-11-5-4-6-13(10)9(8)14/h3-6H2,1-2H3,(H,11,12). The molecule has 0 unspecified atom stereocenters. The van der Waals surface area contributed by atoms with Crippen LogP contribution in [0.15, 0.2) is 4.79 Å². The van der Waals surface area contributed by atoms with Crippen LogP contribution in [0.1, 0.15) is 24.6 Å². The van der Waals surface area contributed by atoms with Crippen molar-refractivity contribution in [3.63, 3.8) is 0 Å². The lowest BCUT2D eigenvalue weighted by Crippen LogP contribution is -2.32. The van der Waals surface area contributed by atoms with E-state index in [9.17, 15) is 4.79 Å². The molecule has 4 heteroatoms. The molecule has 0 aliphatic carbocycles. The smallest absolute Gasteiger partial charge is 0.258 e. The number of anilines is 1. The molecule has 0 radical (unpaired) electrons. The van der Waals surface area contributed by atoms with Crippen molar-refractivity contribution in [2.45, 2.75) is 33.2 Å². The first-order valence-corrected chi connectivity index (χ1v) is 5.08. The van der Waals surface area contributed by atoms with Gasteiger partial charge in [-0.25, -0.2) is 4.98 Å². The van der Waals surface area contributed by atoms with E-state index < -0.39 is 0 Å². The number of fused-ring (bicyclic) bond motifs is 1. The van der Waals surface area contributed by atoms with Crippen molar-refractivity contribution in [2.75, 3.05) is 11.9 Å². The van der Waals surface area contributed by atoms with Crippen molar-refractivity contribution >= 4 is 5.95 Å². The van der Waals surface area contributed by atoms with Crippen LogP contribution in [0.25, 0.3) is 0 Å². The van der Waals surface area contributed by atoms with Crippen LogP contribution < -0.4 is 10.9 Å². The fourth-order valence-corrected chi connectivity index (χ4v) is 1.89. The predicted octanol–water partition coefficient (Wildman–Crippen LogP) is 0.930. The zero-order chi connectivity index (χ0) is 10.1. The van der Waals surface area contributed by atoms with Gasteiger partial charge in [-0.05, 0) is 19.8 Å². The Bertz CT molecular complexity index is 409. The highest BCUT2D eigenvalue weighted by Crippen LogP contribution is 2.11. The molecule has 0 saturated carbocycles. The third-order valence-electron chi connectivity index (χ3n) is 2.66. The van der Waals surface area contributed by atoms with Crippen LogP contribution in [-0.2, 0) is 13.0 Å². The summed E-state index contributed by atoms with van der Waals surface area (Å²) >= 11 is 0. The number of aryl methyl sites for hydroxylation is 1. The van der Waals surface area contributed by atoms with Gasteiger partial charge in [0, 0.05) is 24.3 Å². The second kappa shape index (κ2) is 3.44. The van der Waals surface area contributed by atoms with E-state index in [4.69, 9.17) is 0 Å². The van der Waals surface area contributed by atoms with Crippen molar-refractivity contribution in [3.05, 3.63) is 21.6 Å². The van der Waals surface area contributed by atoms with E-state index in [1.54, 1.807) is 4.57 Å². The Morgan fingerprint density at radius 2 is 2.36 bits per heavy atom. The van der Waals surface area contributed by atoms with Crippen LogP contribution >= 0.6 is 0 Å². The molecule has 1 aromatic heterocycles. The van der Waals surface area contributed by atoms with Gasteiger partial charge in [0.05, 0.1) is 0 Å². The zero-order valence-electron chi connectivity index (χ0n) is 8.63. The summed E-state index contributed by atoms with van der Waals surface area (Å²) in [6, 6.07) is 0. The predicted molar refractivity (Wildman–Crippen MR) is 55.7 cm³/mol. The largest absolute Gasteiger partial charge is 0.355 e. The number of aromatic nitrogens is 2. The van der Waals surface area contributed by atoms with E-state index in [2.05, 4.69) is 10.3 Å². The number of rotatable bonds is 1. The van der Waals surface area contributed by atoms with Crippen molar-refractivity contribution in [2.24, 2.45) is 0 Å². The Hall–Kier alpha value is -1.32. The van der Waals surface area contributed by atoms with Crippen LogP contribution in [0.3, 0.4) is 0 Å². The quantitative estimate of drug-likeness (QED) is 0.721. The molecule has 2 heterocycles.